The molecule has 3 heteroatoms. The van der Waals surface area contributed by atoms with Gasteiger partial charge in [-0.2, -0.15) is 0 Å². The highest BCUT2D eigenvalue weighted by molar-refractivity contribution is 5.81. The van der Waals surface area contributed by atoms with Gasteiger partial charge < -0.3 is 5.32 Å². The first kappa shape index (κ1) is 20.4. The number of aromatic nitrogens is 2. The third kappa shape index (κ3) is 3.48. The van der Waals surface area contributed by atoms with Crippen molar-refractivity contribution in [3.05, 3.63) is 94.6 Å². The van der Waals surface area contributed by atoms with Gasteiger partial charge in [0, 0.05) is 39.6 Å². The summed E-state index contributed by atoms with van der Waals surface area (Å²) in [6.45, 7) is 12.9. The molecular weight excluding hydrogens is 390 g/mol. The van der Waals surface area contributed by atoms with E-state index in [0.29, 0.717) is 0 Å². The van der Waals surface area contributed by atoms with Gasteiger partial charge in [-0.3, -0.25) is 9.97 Å². The fourth-order valence-corrected chi connectivity index (χ4v) is 4.99. The van der Waals surface area contributed by atoms with Gasteiger partial charge in [-0.1, -0.05) is 26.0 Å². The van der Waals surface area contributed by atoms with E-state index in [1.54, 1.807) is 0 Å². The topological polar surface area (TPSA) is 37.8 Å². The normalized spacial score (nSPS) is 13.8. The summed E-state index contributed by atoms with van der Waals surface area (Å²) in [6.07, 6.45) is 0. The minimum Gasteiger partial charge on any atom is -0.355 e. The molecule has 32 heavy (non-hydrogen) atoms. The lowest BCUT2D eigenvalue weighted by Gasteiger charge is -2.36. The molecule has 5 rings (SSSR count). The van der Waals surface area contributed by atoms with Crippen molar-refractivity contribution in [1.29, 1.82) is 0 Å². The Balaban J connectivity index is 1.62. The molecule has 0 aliphatic carbocycles. The Labute approximate surface area is 190 Å². The largest absolute Gasteiger partial charge is 0.355 e. The summed E-state index contributed by atoms with van der Waals surface area (Å²) >= 11 is 0. The molecule has 0 unspecified atom stereocenters. The van der Waals surface area contributed by atoms with Gasteiger partial charge in [0.25, 0.3) is 0 Å². The summed E-state index contributed by atoms with van der Waals surface area (Å²) in [5.41, 5.74) is 13.9. The van der Waals surface area contributed by atoms with Crippen molar-refractivity contribution in [2.24, 2.45) is 0 Å². The molecular formula is C29H29N3. The summed E-state index contributed by atoms with van der Waals surface area (Å²) in [5, 5.41) is 3.67. The molecule has 2 aromatic heterocycles. The molecule has 3 nitrogen and oxygen atoms in total. The molecule has 0 saturated heterocycles. The molecule has 1 aliphatic heterocycles. The highest BCUT2D eigenvalue weighted by Gasteiger charge is 2.33. The standard InChI is InChI=1S/C29H29N3/c1-17-11-23(12-18(2)30-17)21-7-9-27-25(15-21)29(5,6)26-16-22(8-10-28(26)32-27)24-13-19(3)31-20(4)14-24/h7-16,32H,1-6H3. The highest BCUT2D eigenvalue weighted by atomic mass is 14.9. The maximum atomic E-state index is 4.54. The Morgan fingerprint density at radius 1 is 0.531 bits per heavy atom. The van der Waals surface area contributed by atoms with E-state index >= 15 is 0 Å². The zero-order valence-corrected chi connectivity index (χ0v) is 19.7. The predicted molar refractivity (Wildman–Crippen MR) is 134 cm³/mol. The fourth-order valence-electron chi connectivity index (χ4n) is 4.99. The Bertz CT molecular complexity index is 1220. The summed E-state index contributed by atoms with van der Waals surface area (Å²) in [4.78, 5) is 9.08. The Morgan fingerprint density at radius 2 is 0.906 bits per heavy atom. The van der Waals surface area contributed by atoms with Crippen molar-refractivity contribution in [2.45, 2.75) is 47.0 Å². The van der Waals surface area contributed by atoms with Gasteiger partial charge in [-0.25, -0.2) is 0 Å². The minimum absolute atomic E-state index is 0.129. The van der Waals surface area contributed by atoms with E-state index in [4.69, 9.17) is 0 Å². The minimum atomic E-state index is -0.129. The number of hydrogen-bond acceptors (Lipinski definition) is 3. The average Bonchev–Trinajstić information content (AvgIpc) is 2.72. The zero-order valence-electron chi connectivity index (χ0n) is 19.7. The number of rotatable bonds is 2. The first-order chi connectivity index (χ1) is 15.2. The van der Waals surface area contributed by atoms with Gasteiger partial charge >= 0.3 is 0 Å². The van der Waals surface area contributed by atoms with Gasteiger partial charge in [0.15, 0.2) is 0 Å². The van der Waals surface area contributed by atoms with Gasteiger partial charge in [-0.05, 0) is 110 Å². The molecule has 0 atom stereocenters. The molecule has 160 valence electrons. The van der Waals surface area contributed by atoms with Crippen molar-refractivity contribution in [3.8, 4) is 22.3 Å². The zero-order chi connectivity index (χ0) is 22.6. The number of nitrogens with one attached hydrogen (secondary N) is 1. The quantitative estimate of drug-likeness (QED) is 0.367. The lowest BCUT2D eigenvalue weighted by molar-refractivity contribution is 0.638. The number of pyridine rings is 2. The Kier molecular flexibility index (Phi) is 4.67. The smallest absolute Gasteiger partial charge is 0.0426 e. The van der Waals surface area contributed by atoms with Crippen molar-refractivity contribution in [2.75, 3.05) is 5.32 Å². The van der Waals surface area contributed by atoms with Gasteiger partial charge in [0.2, 0.25) is 0 Å². The lowest BCUT2D eigenvalue weighted by atomic mass is 9.73. The van der Waals surface area contributed by atoms with Gasteiger partial charge in [0.1, 0.15) is 0 Å². The first-order valence-corrected chi connectivity index (χ1v) is 11.2. The molecule has 1 N–H and O–H groups in total. The van der Waals surface area contributed by atoms with Crippen LogP contribution >= 0.6 is 0 Å². The average molecular weight is 420 g/mol. The third-order valence-electron chi connectivity index (χ3n) is 6.48. The van der Waals surface area contributed by atoms with E-state index in [-0.39, 0.29) is 5.41 Å². The van der Waals surface area contributed by atoms with E-state index < -0.39 is 0 Å². The SMILES string of the molecule is Cc1cc(-c2ccc3c(c2)C(C)(C)c2cc(-c4cc(C)nc(C)c4)ccc2N3)cc(C)n1. The summed E-state index contributed by atoms with van der Waals surface area (Å²) in [7, 11) is 0. The molecule has 0 radical (unpaired) electrons. The molecule has 0 bridgehead atoms. The molecule has 0 saturated carbocycles. The van der Waals surface area contributed by atoms with Crippen LogP contribution in [0.3, 0.4) is 0 Å². The van der Waals surface area contributed by atoms with Crippen LogP contribution in [-0.2, 0) is 5.41 Å². The summed E-state index contributed by atoms with van der Waals surface area (Å²) in [6, 6.07) is 22.2. The van der Waals surface area contributed by atoms with Crippen LogP contribution in [0.2, 0.25) is 0 Å². The number of benzene rings is 2. The molecule has 3 heterocycles. The Hall–Kier alpha value is -3.46. The van der Waals surface area contributed by atoms with E-state index in [1.165, 1.54) is 44.8 Å². The molecule has 2 aromatic carbocycles. The number of anilines is 2. The highest BCUT2D eigenvalue weighted by Crippen LogP contribution is 2.47. The second-order valence-corrected chi connectivity index (χ2v) is 9.55. The molecule has 1 aliphatic rings. The van der Waals surface area contributed by atoms with Gasteiger partial charge in [0.05, 0.1) is 0 Å². The van der Waals surface area contributed by atoms with Crippen LogP contribution in [0.25, 0.3) is 22.3 Å². The van der Waals surface area contributed by atoms with Crippen LogP contribution in [0.15, 0.2) is 60.7 Å². The first-order valence-electron chi connectivity index (χ1n) is 11.2. The second-order valence-electron chi connectivity index (χ2n) is 9.55. The molecule has 4 aromatic rings. The Morgan fingerprint density at radius 3 is 1.28 bits per heavy atom. The van der Waals surface area contributed by atoms with E-state index in [2.05, 4.69) is 117 Å². The predicted octanol–water partition coefficient (Wildman–Crippen LogP) is 7.43. The molecule has 0 spiro atoms. The fraction of sp³-hybridized carbons (Fsp3) is 0.241. The third-order valence-corrected chi connectivity index (χ3v) is 6.48. The van der Waals surface area contributed by atoms with E-state index in [0.717, 1.165) is 22.8 Å². The van der Waals surface area contributed by atoms with Crippen molar-refractivity contribution < 1.29 is 0 Å². The van der Waals surface area contributed by atoms with Crippen LogP contribution in [0.1, 0.15) is 47.8 Å². The van der Waals surface area contributed by atoms with Crippen LogP contribution < -0.4 is 5.32 Å². The monoisotopic (exact) mass is 419 g/mol. The van der Waals surface area contributed by atoms with Crippen molar-refractivity contribution in [1.82, 2.24) is 9.97 Å². The van der Waals surface area contributed by atoms with Crippen LogP contribution in [0.4, 0.5) is 11.4 Å². The lowest BCUT2D eigenvalue weighted by Crippen LogP contribution is -2.26. The van der Waals surface area contributed by atoms with Gasteiger partial charge in [-0.15, -0.1) is 0 Å². The number of hydrogen-bond donors (Lipinski definition) is 1. The number of fused-ring (bicyclic) bond motifs is 2. The summed E-state index contributed by atoms with van der Waals surface area (Å²) in [5.74, 6) is 0. The molecule has 0 amide bonds. The number of nitrogens with zero attached hydrogens (tertiary/aromatic N) is 2. The number of aryl methyl sites for hydroxylation is 4. The van der Waals surface area contributed by atoms with E-state index in [1.807, 2.05) is 0 Å². The van der Waals surface area contributed by atoms with E-state index in [9.17, 15) is 0 Å². The van der Waals surface area contributed by atoms with Crippen LogP contribution in [0, 0.1) is 27.7 Å². The van der Waals surface area contributed by atoms with Crippen molar-refractivity contribution in [3.63, 3.8) is 0 Å². The van der Waals surface area contributed by atoms with Crippen LogP contribution in [0.5, 0.6) is 0 Å². The van der Waals surface area contributed by atoms with Crippen molar-refractivity contribution >= 4 is 11.4 Å². The second kappa shape index (κ2) is 7.30. The summed E-state index contributed by atoms with van der Waals surface area (Å²) < 4.78 is 0. The van der Waals surface area contributed by atoms with Crippen LogP contribution in [-0.4, -0.2) is 9.97 Å². The maximum Gasteiger partial charge on any atom is 0.0426 e. The maximum absolute atomic E-state index is 4.54. The molecule has 0 fully saturated rings.